The molecule has 0 atom stereocenters. The number of halogens is 3. The van der Waals surface area contributed by atoms with Crippen molar-refractivity contribution in [2.24, 2.45) is 5.41 Å². The van der Waals surface area contributed by atoms with E-state index in [1.165, 1.54) is 6.92 Å². The number of aryl methyl sites for hydroxylation is 1. The lowest BCUT2D eigenvalue weighted by atomic mass is 10.1. The Bertz CT molecular complexity index is 527. The molecule has 1 aliphatic carbocycles. The molecule has 0 aliphatic heterocycles. The van der Waals surface area contributed by atoms with Gasteiger partial charge in [-0.3, -0.25) is 4.79 Å². The zero-order valence-electron chi connectivity index (χ0n) is 10.8. The number of carbonyl (C=O) groups excluding carboxylic acids is 1. The SMILES string of the molecule is Cc1cc(C(F)(F)F)nc(CNC(=O)C2(CO)CC2)n1. The van der Waals surface area contributed by atoms with Gasteiger partial charge in [-0.05, 0) is 25.8 Å². The zero-order valence-corrected chi connectivity index (χ0v) is 10.8. The summed E-state index contributed by atoms with van der Waals surface area (Å²) >= 11 is 0. The number of carbonyl (C=O) groups is 1. The van der Waals surface area contributed by atoms with Gasteiger partial charge in [-0.1, -0.05) is 0 Å². The van der Waals surface area contributed by atoms with Crippen LogP contribution in [0.4, 0.5) is 13.2 Å². The normalized spacial score (nSPS) is 16.9. The molecule has 0 radical (unpaired) electrons. The quantitative estimate of drug-likeness (QED) is 0.873. The lowest BCUT2D eigenvalue weighted by molar-refractivity contribution is -0.141. The number of alkyl halides is 3. The van der Waals surface area contributed by atoms with Gasteiger partial charge < -0.3 is 10.4 Å². The largest absolute Gasteiger partial charge is 0.433 e. The third kappa shape index (κ3) is 3.06. The van der Waals surface area contributed by atoms with Crippen molar-refractivity contribution in [3.05, 3.63) is 23.3 Å². The average Bonchev–Trinajstić information content (AvgIpc) is 3.15. The lowest BCUT2D eigenvalue weighted by Gasteiger charge is -2.13. The van der Waals surface area contributed by atoms with Crippen molar-refractivity contribution in [3.63, 3.8) is 0 Å². The molecule has 20 heavy (non-hydrogen) atoms. The molecule has 1 aromatic heterocycles. The maximum absolute atomic E-state index is 12.6. The molecule has 0 bridgehead atoms. The van der Waals surface area contributed by atoms with E-state index in [2.05, 4.69) is 15.3 Å². The average molecular weight is 289 g/mol. The Morgan fingerprint density at radius 1 is 1.45 bits per heavy atom. The molecule has 0 saturated heterocycles. The minimum Gasteiger partial charge on any atom is -0.395 e. The summed E-state index contributed by atoms with van der Waals surface area (Å²) < 4.78 is 37.8. The highest BCUT2D eigenvalue weighted by atomic mass is 19.4. The van der Waals surface area contributed by atoms with Crippen LogP contribution in [0.5, 0.6) is 0 Å². The second-order valence-electron chi connectivity index (χ2n) is 4.93. The van der Waals surface area contributed by atoms with Gasteiger partial charge in [0.05, 0.1) is 18.6 Å². The molecule has 1 heterocycles. The minimum atomic E-state index is -4.55. The fraction of sp³-hybridized carbons (Fsp3) is 0.583. The molecule has 1 saturated carbocycles. The summed E-state index contributed by atoms with van der Waals surface area (Å²) in [6, 6.07) is 0.849. The van der Waals surface area contributed by atoms with Crippen LogP contribution in [0.25, 0.3) is 0 Å². The molecule has 0 unspecified atom stereocenters. The van der Waals surface area contributed by atoms with Crippen LogP contribution in [-0.2, 0) is 17.5 Å². The Morgan fingerprint density at radius 2 is 2.10 bits per heavy atom. The van der Waals surface area contributed by atoms with E-state index in [9.17, 15) is 18.0 Å². The standard InChI is InChI=1S/C12H14F3N3O2/c1-7-4-8(12(13,14)15)18-9(17-7)5-16-10(20)11(6-19)2-3-11/h4,19H,2-3,5-6H2,1H3,(H,16,20). The first kappa shape index (κ1) is 14.7. The number of aliphatic hydroxyl groups is 1. The first-order valence-corrected chi connectivity index (χ1v) is 6.08. The van der Waals surface area contributed by atoms with Gasteiger partial charge in [-0.2, -0.15) is 13.2 Å². The van der Waals surface area contributed by atoms with Gasteiger partial charge in [0.1, 0.15) is 11.5 Å². The molecule has 110 valence electrons. The highest BCUT2D eigenvalue weighted by Crippen LogP contribution is 2.45. The van der Waals surface area contributed by atoms with E-state index in [4.69, 9.17) is 5.11 Å². The summed E-state index contributed by atoms with van der Waals surface area (Å²) in [5.74, 6) is -0.474. The van der Waals surface area contributed by atoms with E-state index >= 15 is 0 Å². The second-order valence-corrected chi connectivity index (χ2v) is 4.93. The van der Waals surface area contributed by atoms with E-state index < -0.39 is 17.3 Å². The van der Waals surface area contributed by atoms with Crippen LogP contribution in [0, 0.1) is 12.3 Å². The molecule has 1 aliphatic rings. The highest BCUT2D eigenvalue weighted by molar-refractivity contribution is 5.85. The van der Waals surface area contributed by atoms with E-state index in [0.29, 0.717) is 12.8 Å². The number of hydrogen-bond donors (Lipinski definition) is 2. The molecular formula is C12H14F3N3O2. The highest BCUT2D eigenvalue weighted by Gasteiger charge is 2.49. The topological polar surface area (TPSA) is 75.1 Å². The molecular weight excluding hydrogens is 275 g/mol. The lowest BCUT2D eigenvalue weighted by Crippen LogP contribution is -2.34. The van der Waals surface area contributed by atoms with Crippen molar-refractivity contribution in [2.45, 2.75) is 32.5 Å². The fourth-order valence-corrected chi connectivity index (χ4v) is 1.81. The number of aliphatic hydroxyl groups excluding tert-OH is 1. The number of hydrogen-bond acceptors (Lipinski definition) is 4. The van der Waals surface area contributed by atoms with Gasteiger partial charge in [0, 0.05) is 5.69 Å². The molecule has 2 N–H and O–H groups in total. The van der Waals surface area contributed by atoms with Crippen LogP contribution in [0.1, 0.15) is 30.1 Å². The Balaban J connectivity index is 2.07. The Kier molecular flexibility index (Phi) is 3.68. The van der Waals surface area contributed by atoms with Crippen molar-refractivity contribution in [2.75, 3.05) is 6.61 Å². The van der Waals surface area contributed by atoms with Gasteiger partial charge >= 0.3 is 6.18 Å². The predicted octanol–water partition coefficient (Wildman–Crippen LogP) is 1.19. The third-order valence-corrected chi connectivity index (χ3v) is 3.24. The summed E-state index contributed by atoms with van der Waals surface area (Å²) in [7, 11) is 0. The number of nitrogens with zero attached hydrogens (tertiary/aromatic N) is 2. The minimum absolute atomic E-state index is 0.0978. The summed E-state index contributed by atoms with van der Waals surface area (Å²) in [6.07, 6.45) is -3.38. The van der Waals surface area contributed by atoms with Crippen molar-refractivity contribution >= 4 is 5.91 Å². The van der Waals surface area contributed by atoms with Crippen LogP contribution in [0.2, 0.25) is 0 Å². The Labute approximate surface area is 113 Å². The summed E-state index contributed by atoms with van der Waals surface area (Å²) in [5.41, 5.74) is -1.62. The van der Waals surface area contributed by atoms with Crippen molar-refractivity contribution in [1.82, 2.24) is 15.3 Å². The van der Waals surface area contributed by atoms with Gasteiger partial charge in [-0.15, -0.1) is 0 Å². The number of aromatic nitrogens is 2. The van der Waals surface area contributed by atoms with Gasteiger partial charge in [0.15, 0.2) is 0 Å². The van der Waals surface area contributed by atoms with E-state index in [0.717, 1.165) is 6.07 Å². The molecule has 8 heteroatoms. The monoisotopic (exact) mass is 289 g/mol. The van der Waals surface area contributed by atoms with Crippen LogP contribution >= 0.6 is 0 Å². The van der Waals surface area contributed by atoms with Crippen LogP contribution in [-0.4, -0.2) is 27.6 Å². The number of rotatable bonds is 4. The molecule has 1 amide bonds. The maximum atomic E-state index is 12.6. The Morgan fingerprint density at radius 3 is 2.60 bits per heavy atom. The van der Waals surface area contributed by atoms with Crippen LogP contribution in [0.3, 0.4) is 0 Å². The summed E-state index contributed by atoms with van der Waals surface area (Å²) in [4.78, 5) is 19.0. The van der Waals surface area contributed by atoms with Gasteiger partial charge in [0.2, 0.25) is 5.91 Å². The van der Waals surface area contributed by atoms with Crippen LogP contribution in [0.15, 0.2) is 6.07 Å². The second kappa shape index (κ2) is 5.01. The smallest absolute Gasteiger partial charge is 0.395 e. The number of amides is 1. The summed E-state index contributed by atoms with van der Waals surface area (Å²) in [6.45, 7) is 0.977. The molecule has 1 aromatic rings. The van der Waals surface area contributed by atoms with Crippen molar-refractivity contribution < 1.29 is 23.1 Å². The molecule has 5 nitrogen and oxygen atoms in total. The maximum Gasteiger partial charge on any atom is 0.433 e. The third-order valence-electron chi connectivity index (χ3n) is 3.24. The van der Waals surface area contributed by atoms with Crippen LogP contribution < -0.4 is 5.32 Å². The first-order valence-electron chi connectivity index (χ1n) is 6.08. The van der Waals surface area contributed by atoms with E-state index in [1.807, 2.05) is 0 Å². The summed E-state index contributed by atoms with van der Waals surface area (Å²) in [5, 5.41) is 11.5. The molecule has 0 aromatic carbocycles. The van der Waals surface area contributed by atoms with Crippen molar-refractivity contribution in [1.29, 1.82) is 0 Å². The fourth-order valence-electron chi connectivity index (χ4n) is 1.81. The number of nitrogens with one attached hydrogen (secondary N) is 1. The van der Waals surface area contributed by atoms with Crippen molar-refractivity contribution in [3.8, 4) is 0 Å². The van der Waals surface area contributed by atoms with E-state index in [-0.39, 0.29) is 30.6 Å². The van der Waals surface area contributed by atoms with E-state index in [1.54, 1.807) is 0 Å². The zero-order chi connectivity index (χ0) is 15.0. The predicted molar refractivity (Wildman–Crippen MR) is 62.4 cm³/mol. The van der Waals surface area contributed by atoms with Gasteiger partial charge in [0.25, 0.3) is 0 Å². The molecule has 1 fully saturated rings. The molecule has 2 rings (SSSR count). The first-order chi connectivity index (χ1) is 9.27. The van der Waals surface area contributed by atoms with Gasteiger partial charge in [-0.25, -0.2) is 9.97 Å². The molecule has 0 spiro atoms. The Hall–Kier alpha value is -1.70.